The van der Waals surface area contributed by atoms with Crippen molar-refractivity contribution < 1.29 is 9.53 Å². The average molecular weight is 342 g/mol. The third-order valence-corrected chi connectivity index (χ3v) is 5.20. The van der Waals surface area contributed by atoms with E-state index < -0.39 is 5.41 Å². The normalized spacial score (nSPS) is 18.5. The Labute approximate surface area is 154 Å². The molecule has 3 aromatic carbocycles. The summed E-state index contributed by atoms with van der Waals surface area (Å²) in [5, 5.41) is 0. The highest BCUT2D eigenvalue weighted by atomic mass is 16.6. The van der Waals surface area contributed by atoms with Crippen LogP contribution >= 0.6 is 0 Å². The van der Waals surface area contributed by atoms with E-state index in [1.165, 1.54) is 11.1 Å². The molecule has 130 valence electrons. The van der Waals surface area contributed by atoms with Crippen molar-refractivity contribution in [3.05, 3.63) is 108 Å². The molecular weight excluding hydrogens is 320 g/mol. The van der Waals surface area contributed by atoms with Crippen LogP contribution in [-0.4, -0.2) is 5.97 Å². The SMILES string of the molecule is O=C1O[C@H](c2ccccc2)CC1(Cc1ccccc1)Cc1ccccc1. The molecule has 1 saturated heterocycles. The summed E-state index contributed by atoms with van der Waals surface area (Å²) >= 11 is 0. The molecule has 1 aliphatic rings. The molecule has 4 rings (SSSR count). The standard InChI is InChI=1S/C24H22O2/c25-23-24(16-19-10-4-1-5-11-19,17-20-12-6-2-7-13-20)18-22(26-23)21-14-8-3-9-15-21/h1-15,22H,16-18H2/t22-/m0/s1. The first-order valence-electron chi connectivity index (χ1n) is 9.09. The molecule has 0 bridgehead atoms. The highest BCUT2D eigenvalue weighted by Crippen LogP contribution is 2.46. The van der Waals surface area contributed by atoms with E-state index in [1.807, 2.05) is 66.7 Å². The van der Waals surface area contributed by atoms with Gasteiger partial charge in [-0.05, 0) is 29.5 Å². The van der Waals surface area contributed by atoms with Crippen molar-refractivity contribution in [1.29, 1.82) is 0 Å². The molecule has 2 heteroatoms. The second kappa shape index (κ2) is 7.17. The molecule has 1 heterocycles. The van der Waals surface area contributed by atoms with E-state index in [0.29, 0.717) is 19.3 Å². The van der Waals surface area contributed by atoms with Gasteiger partial charge in [0, 0.05) is 6.42 Å². The molecular formula is C24H22O2. The topological polar surface area (TPSA) is 26.3 Å². The highest BCUT2D eigenvalue weighted by molar-refractivity contribution is 5.80. The molecule has 1 atom stereocenters. The summed E-state index contributed by atoms with van der Waals surface area (Å²) in [7, 11) is 0. The monoisotopic (exact) mass is 342 g/mol. The van der Waals surface area contributed by atoms with Crippen molar-refractivity contribution in [3.63, 3.8) is 0 Å². The molecule has 0 spiro atoms. The Balaban J connectivity index is 1.67. The van der Waals surface area contributed by atoms with Crippen molar-refractivity contribution in [2.45, 2.75) is 25.4 Å². The highest BCUT2D eigenvalue weighted by Gasteiger charge is 2.49. The lowest BCUT2D eigenvalue weighted by atomic mass is 9.74. The van der Waals surface area contributed by atoms with Gasteiger partial charge in [-0.1, -0.05) is 91.0 Å². The zero-order chi connectivity index (χ0) is 17.8. The van der Waals surface area contributed by atoms with Crippen LogP contribution < -0.4 is 0 Å². The lowest BCUT2D eigenvalue weighted by Crippen LogP contribution is -2.31. The van der Waals surface area contributed by atoms with Gasteiger partial charge in [-0.25, -0.2) is 0 Å². The van der Waals surface area contributed by atoms with Gasteiger partial charge in [0.15, 0.2) is 0 Å². The number of carbonyl (C=O) groups excluding carboxylic acids is 1. The van der Waals surface area contributed by atoms with Gasteiger partial charge in [-0.15, -0.1) is 0 Å². The van der Waals surface area contributed by atoms with Crippen molar-refractivity contribution in [2.75, 3.05) is 0 Å². The summed E-state index contributed by atoms with van der Waals surface area (Å²) in [5.41, 5.74) is 2.90. The van der Waals surface area contributed by atoms with Gasteiger partial charge in [0.05, 0.1) is 5.41 Å². The summed E-state index contributed by atoms with van der Waals surface area (Å²) in [4.78, 5) is 13.1. The Morgan fingerprint density at radius 3 is 1.69 bits per heavy atom. The van der Waals surface area contributed by atoms with E-state index in [4.69, 9.17) is 4.74 Å². The van der Waals surface area contributed by atoms with E-state index in [9.17, 15) is 4.79 Å². The molecule has 0 saturated carbocycles. The summed E-state index contributed by atoms with van der Waals surface area (Å²) in [5.74, 6) is -0.0842. The van der Waals surface area contributed by atoms with Crippen LogP contribution in [0.5, 0.6) is 0 Å². The first-order valence-corrected chi connectivity index (χ1v) is 9.09. The van der Waals surface area contributed by atoms with Crippen molar-refractivity contribution >= 4 is 5.97 Å². The maximum Gasteiger partial charge on any atom is 0.313 e. The molecule has 0 N–H and O–H groups in total. The molecule has 0 aliphatic carbocycles. The zero-order valence-corrected chi connectivity index (χ0v) is 14.7. The number of ether oxygens (including phenoxy) is 1. The first kappa shape index (κ1) is 16.6. The molecule has 1 aliphatic heterocycles. The van der Waals surface area contributed by atoms with Gasteiger partial charge >= 0.3 is 5.97 Å². The second-order valence-corrected chi connectivity index (χ2v) is 7.11. The molecule has 3 aromatic rings. The molecule has 1 fully saturated rings. The third-order valence-electron chi connectivity index (χ3n) is 5.20. The van der Waals surface area contributed by atoms with Gasteiger partial charge in [0.1, 0.15) is 6.10 Å². The summed E-state index contributed by atoms with van der Waals surface area (Å²) in [6.07, 6.45) is 1.94. The van der Waals surface area contributed by atoms with Gasteiger partial charge in [-0.2, -0.15) is 0 Å². The average Bonchev–Trinajstić information content (AvgIpc) is 3.00. The predicted octanol–water partition coefficient (Wildman–Crippen LogP) is 5.15. The van der Waals surface area contributed by atoms with E-state index in [0.717, 1.165) is 5.56 Å². The van der Waals surface area contributed by atoms with Crippen LogP contribution in [0.25, 0.3) is 0 Å². The number of rotatable bonds is 5. The van der Waals surface area contributed by atoms with Crippen molar-refractivity contribution in [2.24, 2.45) is 5.41 Å². The molecule has 0 radical (unpaired) electrons. The predicted molar refractivity (Wildman–Crippen MR) is 103 cm³/mol. The van der Waals surface area contributed by atoms with Crippen molar-refractivity contribution in [1.82, 2.24) is 0 Å². The fraction of sp³-hybridized carbons (Fsp3) is 0.208. The lowest BCUT2D eigenvalue weighted by molar-refractivity contribution is -0.149. The number of hydrogen-bond donors (Lipinski definition) is 0. The minimum atomic E-state index is -0.525. The van der Waals surface area contributed by atoms with Crippen LogP contribution in [0.1, 0.15) is 29.2 Å². The Morgan fingerprint density at radius 1 is 0.731 bits per heavy atom. The van der Waals surface area contributed by atoms with Crippen LogP contribution in [0.2, 0.25) is 0 Å². The van der Waals surface area contributed by atoms with Gasteiger partial charge in [0.2, 0.25) is 0 Å². The van der Waals surface area contributed by atoms with Crippen LogP contribution in [-0.2, 0) is 22.4 Å². The largest absolute Gasteiger partial charge is 0.457 e. The zero-order valence-electron chi connectivity index (χ0n) is 14.7. The van der Waals surface area contributed by atoms with Gasteiger partial charge < -0.3 is 4.74 Å². The van der Waals surface area contributed by atoms with Crippen LogP contribution in [0.15, 0.2) is 91.0 Å². The van der Waals surface area contributed by atoms with E-state index in [-0.39, 0.29) is 12.1 Å². The second-order valence-electron chi connectivity index (χ2n) is 7.11. The number of hydrogen-bond acceptors (Lipinski definition) is 2. The third kappa shape index (κ3) is 3.41. The minimum absolute atomic E-state index is 0.0842. The Hall–Kier alpha value is -2.87. The molecule has 0 aromatic heterocycles. The summed E-state index contributed by atoms with van der Waals surface area (Å²) in [6.45, 7) is 0. The van der Waals surface area contributed by atoms with Crippen LogP contribution in [0, 0.1) is 5.41 Å². The van der Waals surface area contributed by atoms with Crippen LogP contribution in [0.3, 0.4) is 0 Å². The molecule has 0 amide bonds. The van der Waals surface area contributed by atoms with Crippen LogP contribution in [0.4, 0.5) is 0 Å². The number of esters is 1. The Bertz CT molecular complexity index is 815. The quantitative estimate of drug-likeness (QED) is 0.600. The summed E-state index contributed by atoms with van der Waals surface area (Å²) < 4.78 is 5.87. The minimum Gasteiger partial charge on any atom is -0.457 e. The number of carbonyl (C=O) groups is 1. The molecule has 0 unspecified atom stereocenters. The number of benzene rings is 3. The van der Waals surface area contributed by atoms with E-state index in [1.54, 1.807) is 0 Å². The van der Waals surface area contributed by atoms with Crippen molar-refractivity contribution in [3.8, 4) is 0 Å². The van der Waals surface area contributed by atoms with E-state index >= 15 is 0 Å². The maximum absolute atomic E-state index is 13.1. The first-order chi connectivity index (χ1) is 12.8. The fourth-order valence-corrected chi connectivity index (χ4v) is 3.91. The van der Waals surface area contributed by atoms with Gasteiger partial charge in [0.25, 0.3) is 0 Å². The smallest absolute Gasteiger partial charge is 0.313 e. The summed E-state index contributed by atoms with van der Waals surface area (Å²) in [6, 6.07) is 30.6. The fourth-order valence-electron chi connectivity index (χ4n) is 3.91. The Morgan fingerprint density at radius 2 is 1.19 bits per heavy atom. The van der Waals surface area contributed by atoms with E-state index in [2.05, 4.69) is 24.3 Å². The molecule has 26 heavy (non-hydrogen) atoms. The number of cyclic esters (lactones) is 1. The maximum atomic E-state index is 13.1. The van der Waals surface area contributed by atoms with Gasteiger partial charge in [-0.3, -0.25) is 4.79 Å². The molecule has 2 nitrogen and oxygen atoms in total. The Kier molecular flexibility index (Phi) is 4.57. The lowest BCUT2D eigenvalue weighted by Gasteiger charge is -2.25.